The minimum absolute atomic E-state index is 0.0310. The van der Waals surface area contributed by atoms with E-state index in [1.807, 2.05) is 0 Å². The summed E-state index contributed by atoms with van der Waals surface area (Å²) in [7, 11) is -3.75. The Morgan fingerprint density at radius 3 is 2.76 bits per heavy atom. The van der Waals surface area contributed by atoms with Crippen molar-refractivity contribution < 1.29 is 12.9 Å². The van der Waals surface area contributed by atoms with Crippen molar-refractivity contribution in [3.8, 4) is 0 Å². The van der Waals surface area contributed by atoms with Gasteiger partial charge in [-0.3, -0.25) is 0 Å². The summed E-state index contributed by atoms with van der Waals surface area (Å²) >= 11 is 0. The number of sulfonamides is 1. The van der Waals surface area contributed by atoms with Crippen molar-refractivity contribution in [3.05, 3.63) is 36.5 Å². The SMILES string of the molecule is NS(=O)(=O)c1ccccc1NCc1ncon1. The summed E-state index contributed by atoms with van der Waals surface area (Å²) < 4.78 is 27.2. The minimum atomic E-state index is -3.75. The third-order valence-electron chi connectivity index (χ3n) is 2.04. The van der Waals surface area contributed by atoms with Crippen LogP contribution in [-0.4, -0.2) is 18.6 Å². The summed E-state index contributed by atoms with van der Waals surface area (Å²) in [6, 6.07) is 6.33. The van der Waals surface area contributed by atoms with Gasteiger partial charge in [-0.1, -0.05) is 17.3 Å². The van der Waals surface area contributed by atoms with Gasteiger partial charge in [0.15, 0.2) is 5.82 Å². The number of para-hydroxylation sites is 1. The Balaban J connectivity index is 2.22. The largest absolute Gasteiger partial charge is 0.377 e. The number of hydrogen-bond donors (Lipinski definition) is 2. The van der Waals surface area contributed by atoms with E-state index in [1.165, 1.54) is 12.5 Å². The molecule has 7 nitrogen and oxygen atoms in total. The van der Waals surface area contributed by atoms with E-state index in [0.29, 0.717) is 11.5 Å². The van der Waals surface area contributed by atoms with Crippen LogP contribution in [0.2, 0.25) is 0 Å². The molecule has 0 unspecified atom stereocenters. The quantitative estimate of drug-likeness (QED) is 0.813. The standard InChI is InChI=1S/C9H10N4O3S/c10-17(14,15)8-4-2-1-3-7(8)11-5-9-12-6-16-13-9/h1-4,6,11H,5H2,(H2,10,14,15). The molecule has 0 saturated carbocycles. The number of nitrogens with two attached hydrogens (primary N) is 1. The number of aromatic nitrogens is 2. The Morgan fingerprint density at radius 2 is 2.12 bits per heavy atom. The number of primary sulfonamides is 1. The molecular weight excluding hydrogens is 244 g/mol. The number of rotatable bonds is 4. The average Bonchev–Trinajstić information content (AvgIpc) is 2.78. The summed E-state index contributed by atoms with van der Waals surface area (Å²) in [6.45, 7) is 0.253. The smallest absolute Gasteiger partial charge is 0.240 e. The van der Waals surface area contributed by atoms with E-state index in [0.717, 1.165) is 0 Å². The van der Waals surface area contributed by atoms with Crippen LogP contribution in [0.5, 0.6) is 0 Å². The Morgan fingerprint density at radius 1 is 1.35 bits per heavy atom. The minimum Gasteiger partial charge on any atom is -0.377 e. The number of nitrogens with one attached hydrogen (secondary N) is 1. The Hall–Kier alpha value is -1.93. The second kappa shape index (κ2) is 4.52. The van der Waals surface area contributed by atoms with Crippen molar-refractivity contribution in [2.75, 3.05) is 5.32 Å². The van der Waals surface area contributed by atoms with Crippen molar-refractivity contribution in [3.63, 3.8) is 0 Å². The van der Waals surface area contributed by atoms with Gasteiger partial charge in [0.1, 0.15) is 4.90 Å². The Labute approximate surface area is 97.7 Å². The summed E-state index contributed by atoms with van der Waals surface area (Å²) in [5.41, 5.74) is 0.403. The third kappa shape index (κ3) is 2.80. The second-order valence-electron chi connectivity index (χ2n) is 3.24. The fourth-order valence-corrected chi connectivity index (χ4v) is 2.02. The fraction of sp³-hybridized carbons (Fsp3) is 0.111. The maximum atomic E-state index is 11.3. The maximum Gasteiger partial charge on any atom is 0.240 e. The molecule has 0 amide bonds. The highest BCUT2D eigenvalue weighted by molar-refractivity contribution is 7.89. The molecule has 8 heteroatoms. The monoisotopic (exact) mass is 254 g/mol. The normalized spacial score (nSPS) is 11.4. The van der Waals surface area contributed by atoms with E-state index in [-0.39, 0.29) is 11.4 Å². The molecule has 0 aliphatic heterocycles. The predicted octanol–water partition coefficient (Wildman–Crippen LogP) is 0.329. The lowest BCUT2D eigenvalue weighted by atomic mass is 10.3. The summed E-state index contributed by atoms with van der Waals surface area (Å²) in [4.78, 5) is 3.83. The fourth-order valence-electron chi connectivity index (χ4n) is 1.31. The van der Waals surface area contributed by atoms with Gasteiger partial charge in [0.05, 0.1) is 12.2 Å². The van der Waals surface area contributed by atoms with Gasteiger partial charge in [-0.2, -0.15) is 4.98 Å². The molecule has 0 spiro atoms. The zero-order chi connectivity index (χ0) is 12.3. The van der Waals surface area contributed by atoms with Crippen LogP contribution in [0, 0.1) is 0 Å². The Kier molecular flexibility index (Phi) is 3.07. The van der Waals surface area contributed by atoms with Crippen molar-refractivity contribution in [1.29, 1.82) is 0 Å². The van der Waals surface area contributed by atoms with E-state index < -0.39 is 10.0 Å². The molecule has 0 radical (unpaired) electrons. The molecule has 0 fully saturated rings. The first-order valence-corrected chi connectivity index (χ1v) is 6.23. The molecule has 0 atom stereocenters. The highest BCUT2D eigenvalue weighted by Gasteiger charge is 2.13. The maximum absolute atomic E-state index is 11.3. The molecule has 0 bridgehead atoms. The van der Waals surface area contributed by atoms with Crippen LogP contribution >= 0.6 is 0 Å². The van der Waals surface area contributed by atoms with Crippen molar-refractivity contribution >= 4 is 15.7 Å². The summed E-state index contributed by atoms with van der Waals surface area (Å²) in [6.07, 6.45) is 1.20. The molecule has 1 aromatic carbocycles. The molecule has 0 saturated heterocycles. The van der Waals surface area contributed by atoms with Gasteiger partial charge in [-0.05, 0) is 12.1 Å². The summed E-state index contributed by atoms with van der Waals surface area (Å²) in [5, 5.41) is 11.6. The first-order chi connectivity index (χ1) is 8.07. The molecule has 0 aliphatic rings. The lowest BCUT2D eigenvalue weighted by Crippen LogP contribution is -2.15. The predicted molar refractivity (Wildman–Crippen MR) is 59.4 cm³/mol. The zero-order valence-corrected chi connectivity index (χ0v) is 9.52. The van der Waals surface area contributed by atoms with Crippen molar-refractivity contribution in [2.45, 2.75) is 11.4 Å². The van der Waals surface area contributed by atoms with Crippen LogP contribution in [0.4, 0.5) is 5.69 Å². The van der Waals surface area contributed by atoms with Gasteiger partial charge in [-0.15, -0.1) is 0 Å². The molecule has 17 heavy (non-hydrogen) atoms. The van der Waals surface area contributed by atoms with E-state index in [2.05, 4.69) is 20.0 Å². The van der Waals surface area contributed by atoms with Gasteiger partial charge in [0.2, 0.25) is 16.4 Å². The van der Waals surface area contributed by atoms with Crippen LogP contribution in [-0.2, 0) is 16.6 Å². The van der Waals surface area contributed by atoms with Crippen LogP contribution in [0.3, 0.4) is 0 Å². The molecule has 2 rings (SSSR count). The third-order valence-corrected chi connectivity index (χ3v) is 3.01. The van der Waals surface area contributed by atoms with E-state index in [1.54, 1.807) is 18.2 Å². The zero-order valence-electron chi connectivity index (χ0n) is 8.70. The molecule has 2 aromatic rings. The number of anilines is 1. The van der Waals surface area contributed by atoms with Gasteiger partial charge >= 0.3 is 0 Å². The van der Waals surface area contributed by atoms with Gasteiger partial charge in [-0.25, -0.2) is 13.6 Å². The molecular formula is C9H10N4O3S. The second-order valence-corrected chi connectivity index (χ2v) is 4.77. The molecule has 1 heterocycles. The topological polar surface area (TPSA) is 111 Å². The first-order valence-electron chi connectivity index (χ1n) is 4.68. The highest BCUT2D eigenvalue weighted by atomic mass is 32.2. The van der Waals surface area contributed by atoms with Crippen molar-refractivity contribution in [1.82, 2.24) is 10.1 Å². The highest BCUT2D eigenvalue weighted by Crippen LogP contribution is 2.19. The number of nitrogens with zero attached hydrogens (tertiary/aromatic N) is 2. The van der Waals surface area contributed by atoms with E-state index >= 15 is 0 Å². The number of hydrogen-bond acceptors (Lipinski definition) is 6. The lowest BCUT2D eigenvalue weighted by molar-refractivity contribution is 0.411. The molecule has 1 aromatic heterocycles. The van der Waals surface area contributed by atoms with Crippen LogP contribution in [0.25, 0.3) is 0 Å². The van der Waals surface area contributed by atoms with Crippen LogP contribution < -0.4 is 10.5 Å². The van der Waals surface area contributed by atoms with Gasteiger partial charge in [0, 0.05) is 0 Å². The first kappa shape index (κ1) is 11.6. The summed E-state index contributed by atoms with van der Waals surface area (Å²) in [5.74, 6) is 0.425. The van der Waals surface area contributed by atoms with Gasteiger partial charge < -0.3 is 9.84 Å². The van der Waals surface area contributed by atoms with E-state index in [4.69, 9.17) is 5.14 Å². The van der Waals surface area contributed by atoms with Crippen LogP contribution in [0.1, 0.15) is 5.82 Å². The average molecular weight is 254 g/mol. The van der Waals surface area contributed by atoms with Gasteiger partial charge in [0.25, 0.3) is 0 Å². The number of benzene rings is 1. The molecule has 3 N–H and O–H groups in total. The van der Waals surface area contributed by atoms with Crippen molar-refractivity contribution in [2.24, 2.45) is 5.14 Å². The molecule has 0 aliphatic carbocycles. The Bertz CT molecular complexity index is 594. The van der Waals surface area contributed by atoms with E-state index in [9.17, 15) is 8.42 Å². The lowest BCUT2D eigenvalue weighted by Gasteiger charge is -2.08. The van der Waals surface area contributed by atoms with Crippen LogP contribution in [0.15, 0.2) is 40.1 Å². The molecule has 90 valence electrons.